The van der Waals surface area contributed by atoms with E-state index in [0.29, 0.717) is 39.1 Å². The molecule has 1 aliphatic heterocycles. The van der Waals surface area contributed by atoms with Crippen molar-refractivity contribution in [3.05, 3.63) is 92.9 Å². The quantitative estimate of drug-likeness (QED) is 0.332. The third-order valence-electron chi connectivity index (χ3n) is 5.08. The summed E-state index contributed by atoms with van der Waals surface area (Å²) < 4.78 is 19.2. The van der Waals surface area contributed by atoms with Crippen LogP contribution in [0.25, 0.3) is 0 Å². The Labute approximate surface area is 188 Å². The number of ether oxygens (including phenoxy) is 1. The first-order chi connectivity index (χ1) is 15.5. The van der Waals surface area contributed by atoms with Crippen LogP contribution in [0.5, 0.6) is 0 Å². The Morgan fingerprint density at radius 3 is 2.69 bits per heavy atom. The summed E-state index contributed by atoms with van der Waals surface area (Å²) >= 11 is 1.22. The third-order valence-corrected chi connectivity index (χ3v) is 6.00. The molecule has 0 saturated carbocycles. The largest absolute Gasteiger partial charge is 0.463 e. The number of aromatic nitrogens is 3. The fraction of sp³-hybridized carbons (Fsp3) is 0.217. The van der Waals surface area contributed by atoms with Crippen molar-refractivity contribution < 1.29 is 13.9 Å². The van der Waals surface area contributed by atoms with E-state index < -0.39 is 11.9 Å². The molecule has 0 amide bonds. The van der Waals surface area contributed by atoms with Crippen molar-refractivity contribution in [1.29, 1.82) is 0 Å². The summed E-state index contributed by atoms with van der Waals surface area (Å²) in [6.07, 6.45) is 3.21. The summed E-state index contributed by atoms with van der Waals surface area (Å²) in [5.74, 6) is -0.797. The zero-order valence-electron chi connectivity index (χ0n) is 17.5. The van der Waals surface area contributed by atoms with E-state index in [-0.39, 0.29) is 18.0 Å². The summed E-state index contributed by atoms with van der Waals surface area (Å²) in [4.78, 5) is 37.3. The first-order valence-electron chi connectivity index (χ1n) is 10.0. The van der Waals surface area contributed by atoms with Crippen LogP contribution in [0.15, 0.2) is 70.0 Å². The van der Waals surface area contributed by atoms with Gasteiger partial charge in [-0.25, -0.2) is 14.2 Å². The van der Waals surface area contributed by atoms with Gasteiger partial charge >= 0.3 is 5.97 Å². The van der Waals surface area contributed by atoms with Gasteiger partial charge in [0, 0.05) is 23.8 Å². The molecule has 1 aliphatic rings. The highest BCUT2D eigenvalue weighted by Crippen LogP contribution is 2.40. The number of hydrogen-bond acceptors (Lipinski definition) is 7. The highest BCUT2D eigenvalue weighted by atomic mass is 32.2. The van der Waals surface area contributed by atoms with Crippen LogP contribution < -0.4 is 10.9 Å². The van der Waals surface area contributed by atoms with E-state index in [4.69, 9.17) is 4.74 Å². The van der Waals surface area contributed by atoms with Crippen LogP contribution in [0.4, 0.5) is 10.2 Å². The van der Waals surface area contributed by atoms with E-state index >= 15 is 0 Å². The lowest BCUT2D eigenvalue weighted by atomic mass is 9.83. The van der Waals surface area contributed by atoms with Crippen molar-refractivity contribution in [2.75, 3.05) is 11.9 Å². The number of esters is 1. The van der Waals surface area contributed by atoms with Gasteiger partial charge in [-0.15, -0.1) is 0 Å². The van der Waals surface area contributed by atoms with E-state index in [1.807, 2.05) is 0 Å². The van der Waals surface area contributed by atoms with Gasteiger partial charge in [0.1, 0.15) is 11.6 Å². The van der Waals surface area contributed by atoms with Crippen molar-refractivity contribution in [3.63, 3.8) is 0 Å². The SMILES string of the molecule is CCOC(=O)C1=C(C)Nc2nc(SCc3ccccc3F)[nH]c(=O)c2C1c1ccncc1. The average molecular weight is 453 g/mol. The Balaban J connectivity index is 1.75. The molecule has 164 valence electrons. The number of anilines is 1. The first-order valence-corrected chi connectivity index (χ1v) is 11.0. The molecular weight excluding hydrogens is 431 g/mol. The lowest BCUT2D eigenvalue weighted by Gasteiger charge is -2.28. The predicted molar refractivity (Wildman–Crippen MR) is 120 cm³/mol. The Morgan fingerprint density at radius 1 is 1.22 bits per heavy atom. The standard InChI is InChI=1S/C23H21FN4O3S/c1-3-31-22(30)17-13(2)26-20-19(18(17)14-8-10-25-11-9-14)21(29)28-23(27-20)32-12-15-6-4-5-7-16(15)24/h4-11,18H,3,12H2,1-2H3,(H2,26,27,28,29). The Morgan fingerprint density at radius 2 is 1.97 bits per heavy atom. The number of carbonyl (C=O) groups excluding carboxylic acids is 1. The molecule has 0 spiro atoms. The van der Waals surface area contributed by atoms with E-state index in [2.05, 4.69) is 20.3 Å². The van der Waals surface area contributed by atoms with Crippen LogP contribution in [-0.4, -0.2) is 27.5 Å². The van der Waals surface area contributed by atoms with E-state index in [1.54, 1.807) is 56.6 Å². The van der Waals surface area contributed by atoms with Gasteiger partial charge < -0.3 is 15.0 Å². The second-order valence-corrected chi connectivity index (χ2v) is 8.08. The highest BCUT2D eigenvalue weighted by molar-refractivity contribution is 7.98. The third kappa shape index (κ3) is 4.29. The molecule has 3 heterocycles. The van der Waals surface area contributed by atoms with Crippen molar-refractivity contribution in [3.8, 4) is 0 Å². The number of pyridine rings is 1. The maximum absolute atomic E-state index is 13.9. The van der Waals surface area contributed by atoms with Crippen LogP contribution >= 0.6 is 11.8 Å². The minimum absolute atomic E-state index is 0.214. The molecule has 0 fully saturated rings. The van der Waals surface area contributed by atoms with E-state index in [0.717, 1.165) is 5.56 Å². The molecule has 7 nitrogen and oxygen atoms in total. The van der Waals surface area contributed by atoms with Gasteiger partial charge in [-0.1, -0.05) is 30.0 Å². The van der Waals surface area contributed by atoms with Gasteiger partial charge in [0.25, 0.3) is 5.56 Å². The molecule has 0 aliphatic carbocycles. The number of thioether (sulfide) groups is 1. The summed E-state index contributed by atoms with van der Waals surface area (Å²) in [5, 5.41) is 3.44. The zero-order chi connectivity index (χ0) is 22.7. The molecule has 1 atom stereocenters. The van der Waals surface area contributed by atoms with Crippen LogP contribution in [0, 0.1) is 5.82 Å². The van der Waals surface area contributed by atoms with Crippen LogP contribution in [-0.2, 0) is 15.3 Å². The molecule has 32 heavy (non-hydrogen) atoms. The number of benzene rings is 1. The number of nitrogens with zero attached hydrogens (tertiary/aromatic N) is 2. The summed E-state index contributed by atoms with van der Waals surface area (Å²) in [7, 11) is 0. The first kappa shape index (κ1) is 21.8. The molecule has 1 aromatic carbocycles. The van der Waals surface area contributed by atoms with Gasteiger partial charge in [0.2, 0.25) is 0 Å². The second-order valence-electron chi connectivity index (χ2n) is 7.11. The Hall–Kier alpha value is -3.46. The minimum atomic E-state index is -0.657. The van der Waals surface area contributed by atoms with Crippen molar-refractivity contribution in [2.45, 2.75) is 30.7 Å². The number of carbonyl (C=O) groups is 1. The summed E-state index contributed by atoms with van der Waals surface area (Å²) in [6.45, 7) is 3.69. The molecule has 4 rings (SSSR count). The van der Waals surface area contributed by atoms with Crippen molar-refractivity contribution in [2.24, 2.45) is 0 Å². The summed E-state index contributed by atoms with van der Waals surface area (Å²) in [6, 6.07) is 9.98. The maximum Gasteiger partial charge on any atom is 0.336 e. The number of hydrogen-bond donors (Lipinski definition) is 2. The molecule has 0 saturated heterocycles. The maximum atomic E-state index is 13.9. The van der Waals surface area contributed by atoms with Gasteiger partial charge in [0.05, 0.1) is 23.7 Å². The van der Waals surface area contributed by atoms with Crippen molar-refractivity contribution in [1.82, 2.24) is 15.0 Å². The number of H-pyrrole nitrogens is 1. The predicted octanol–water partition coefficient (Wildman–Crippen LogP) is 3.99. The molecule has 0 bridgehead atoms. The Bertz CT molecular complexity index is 1240. The number of allylic oxidation sites excluding steroid dienone is 1. The molecule has 3 aromatic rings. The van der Waals surface area contributed by atoms with Gasteiger partial charge in [0.15, 0.2) is 5.16 Å². The highest BCUT2D eigenvalue weighted by Gasteiger charge is 2.36. The average Bonchev–Trinajstić information content (AvgIpc) is 2.78. The normalized spacial score (nSPS) is 15.2. The minimum Gasteiger partial charge on any atom is -0.463 e. The van der Waals surface area contributed by atoms with E-state index in [9.17, 15) is 14.0 Å². The number of nitrogens with one attached hydrogen (secondary N) is 2. The molecule has 1 unspecified atom stereocenters. The van der Waals surface area contributed by atoms with Crippen molar-refractivity contribution >= 4 is 23.5 Å². The number of halogens is 1. The van der Waals surface area contributed by atoms with Crippen LogP contribution in [0.1, 0.15) is 36.5 Å². The summed E-state index contributed by atoms with van der Waals surface area (Å²) in [5.41, 5.74) is 2.09. The second kappa shape index (κ2) is 9.35. The molecule has 9 heteroatoms. The van der Waals surface area contributed by atoms with Crippen LogP contribution in [0.2, 0.25) is 0 Å². The van der Waals surface area contributed by atoms with Gasteiger partial charge in [-0.3, -0.25) is 9.78 Å². The smallest absolute Gasteiger partial charge is 0.336 e. The zero-order valence-corrected chi connectivity index (χ0v) is 18.3. The van der Waals surface area contributed by atoms with Crippen LogP contribution in [0.3, 0.4) is 0 Å². The molecule has 2 N–H and O–H groups in total. The lowest BCUT2D eigenvalue weighted by molar-refractivity contribution is -0.138. The monoisotopic (exact) mass is 452 g/mol. The fourth-order valence-electron chi connectivity index (χ4n) is 3.63. The van der Waals surface area contributed by atoms with Gasteiger partial charge in [-0.05, 0) is 43.2 Å². The Kier molecular flexibility index (Phi) is 6.36. The number of rotatable bonds is 6. The number of fused-ring (bicyclic) bond motifs is 1. The molecule has 0 radical (unpaired) electrons. The molecule has 2 aromatic heterocycles. The fourth-order valence-corrected chi connectivity index (χ4v) is 4.48. The molecular formula is C23H21FN4O3S. The van der Waals surface area contributed by atoms with Gasteiger partial charge in [-0.2, -0.15) is 0 Å². The topological polar surface area (TPSA) is 97.0 Å². The lowest BCUT2D eigenvalue weighted by Crippen LogP contribution is -2.31. The number of aromatic amines is 1. The van der Waals surface area contributed by atoms with E-state index in [1.165, 1.54) is 17.8 Å².